The van der Waals surface area contributed by atoms with Crippen molar-refractivity contribution in [1.82, 2.24) is 19.9 Å². The zero-order chi connectivity index (χ0) is 20.1. The topological polar surface area (TPSA) is 90.3 Å². The molecule has 3 aromatic rings. The van der Waals surface area contributed by atoms with Crippen LogP contribution < -0.4 is 15.1 Å². The second-order valence-corrected chi connectivity index (χ2v) is 8.08. The highest BCUT2D eigenvalue weighted by Crippen LogP contribution is 2.30. The minimum Gasteiger partial charge on any atom is -0.395 e. The molecule has 1 aliphatic heterocycles. The van der Waals surface area contributed by atoms with Crippen molar-refractivity contribution >= 4 is 40.4 Å². The molecular weight excluding hydrogens is 386 g/mol. The molecule has 152 valence electrons. The fourth-order valence-corrected chi connectivity index (χ4v) is 4.28. The molecule has 2 N–H and O–H groups in total. The standard InChI is InChI=1S/C20H25N7OS/c1-26(13-15-5-3-2-4-6-15)18-17-16(22-14-23-18)19(27-8-11-29-12-9-27)25-20(24-17)21-7-10-28/h2-6,14,28H,7-13H2,1H3,(H,21,24,25). The second kappa shape index (κ2) is 9.23. The lowest BCUT2D eigenvalue weighted by Gasteiger charge is -2.28. The maximum Gasteiger partial charge on any atom is 0.225 e. The highest BCUT2D eigenvalue weighted by molar-refractivity contribution is 7.99. The van der Waals surface area contributed by atoms with Crippen LogP contribution in [0.15, 0.2) is 36.7 Å². The fourth-order valence-electron chi connectivity index (χ4n) is 3.37. The number of benzene rings is 1. The number of nitrogens with one attached hydrogen (secondary N) is 1. The molecule has 2 aromatic heterocycles. The van der Waals surface area contributed by atoms with Crippen LogP contribution in [0.1, 0.15) is 5.56 Å². The van der Waals surface area contributed by atoms with Crippen LogP contribution in [0, 0.1) is 0 Å². The first kappa shape index (κ1) is 19.7. The Morgan fingerprint density at radius 3 is 2.66 bits per heavy atom. The van der Waals surface area contributed by atoms with E-state index in [0.717, 1.165) is 47.3 Å². The number of aliphatic hydroxyl groups excluding tert-OH is 1. The Hall–Kier alpha value is -2.65. The van der Waals surface area contributed by atoms with Gasteiger partial charge in [0.05, 0.1) is 6.61 Å². The largest absolute Gasteiger partial charge is 0.395 e. The van der Waals surface area contributed by atoms with Gasteiger partial charge in [-0.15, -0.1) is 0 Å². The summed E-state index contributed by atoms with van der Waals surface area (Å²) in [5, 5.41) is 12.3. The number of hydrogen-bond acceptors (Lipinski definition) is 9. The molecule has 1 aromatic carbocycles. The zero-order valence-electron chi connectivity index (χ0n) is 16.5. The first-order chi connectivity index (χ1) is 14.3. The van der Waals surface area contributed by atoms with Gasteiger partial charge in [0.15, 0.2) is 11.6 Å². The predicted molar refractivity (Wildman–Crippen MR) is 119 cm³/mol. The zero-order valence-corrected chi connectivity index (χ0v) is 17.3. The van der Waals surface area contributed by atoms with Crippen molar-refractivity contribution in [3.8, 4) is 0 Å². The second-order valence-electron chi connectivity index (χ2n) is 6.86. The summed E-state index contributed by atoms with van der Waals surface area (Å²) in [5.41, 5.74) is 2.67. The Kier molecular flexibility index (Phi) is 6.26. The van der Waals surface area contributed by atoms with Crippen molar-refractivity contribution in [3.63, 3.8) is 0 Å². The Balaban J connectivity index is 1.76. The molecule has 4 rings (SSSR count). The average molecular weight is 412 g/mol. The van der Waals surface area contributed by atoms with Gasteiger partial charge in [-0.2, -0.15) is 16.7 Å². The quantitative estimate of drug-likeness (QED) is 0.606. The molecule has 1 aliphatic rings. The minimum absolute atomic E-state index is 0.0170. The van der Waals surface area contributed by atoms with Gasteiger partial charge in [-0.25, -0.2) is 15.0 Å². The van der Waals surface area contributed by atoms with E-state index in [1.54, 1.807) is 6.33 Å². The van der Waals surface area contributed by atoms with Gasteiger partial charge in [0.25, 0.3) is 0 Å². The summed E-state index contributed by atoms with van der Waals surface area (Å²) in [6.45, 7) is 2.98. The van der Waals surface area contributed by atoms with E-state index in [0.29, 0.717) is 19.0 Å². The number of rotatable bonds is 7. The molecule has 0 spiro atoms. The monoisotopic (exact) mass is 411 g/mol. The lowest BCUT2D eigenvalue weighted by atomic mass is 10.2. The van der Waals surface area contributed by atoms with Crippen LogP contribution in [-0.2, 0) is 6.54 Å². The van der Waals surface area contributed by atoms with Gasteiger partial charge >= 0.3 is 0 Å². The average Bonchev–Trinajstić information content (AvgIpc) is 2.78. The molecule has 0 saturated carbocycles. The van der Waals surface area contributed by atoms with Crippen LogP contribution in [0.2, 0.25) is 0 Å². The van der Waals surface area contributed by atoms with E-state index in [2.05, 4.69) is 37.2 Å². The molecular formula is C20H25N7OS. The maximum atomic E-state index is 9.20. The number of fused-ring (bicyclic) bond motifs is 1. The van der Waals surface area contributed by atoms with Gasteiger partial charge in [0.2, 0.25) is 5.95 Å². The summed E-state index contributed by atoms with van der Waals surface area (Å²) in [4.78, 5) is 22.8. The van der Waals surface area contributed by atoms with Crippen LogP contribution in [0.25, 0.3) is 11.0 Å². The Morgan fingerprint density at radius 1 is 1.10 bits per heavy atom. The van der Waals surface area contributed by atoms with Crippen molar-refractivity contribution in [2.75, 3.05) is 59.9 Å². The van der Waals surface area contributed by atoms with E-state index in [4.69, 9.17) is 9.97 Å². The van der Waals surface area contributed by atoms with Crippen LogP contribution in [0.4, 0.5) is 17.6 Å². The highest BCUT2D eigenvalue weighted by Gasteiger charge is 2.21. The third kappa shape index (κ3) is 4.51. The lowest BCUT2D eigenvalue weighted by Crippen LogP contribution is -2.33. The summed E-state index contributed by atoms with van der Waals surface area (Å²) < 4.78 is 0. The molecule has 0 aliphatic carbocycles. The molecule has 0 unspecified atom stereocenters. The van der Waals surface area contributed by atoms with Crippen molar-refractivity contribution < 1.29 is 5.11 Å². The van der Waals surface area contributed by atoms with Crippen molar-refractivity contribution in [2.45, 2.75) is 6.54 Å². The highest BCUT2D eigenvalue weighted by atomic mass is 32.2. The number of thioether (sulfide) groups is 1. The molecule has 0 atom stereocenters. The fraction of sp³-hybridized carbons (Fsp3) is 0.400. The maximum absolute atomic E-state index is 9.20. The summed E-state index contributed by atoms with van der Waals surface area (Å²) in [6.07, 6.45) is 1.59. The summed E-state index contributed by atoms with van der Waals surface area (Å²) in [5.74, 6) is 4.21. The number of nitrogens with zero attached hydrogens (tertiary/aromatic N) is 6. The van der Waals surface area contributed by atoms with E-state index in [9.17, 15) is 5.11 Å². The van der Waals surface area contributed by atoms with Crippen molar-refractivity contribution in [3.05, 3.63) is 42.2 Å². The van der Waals surface area contributed by atoms with Crippen LogP contribution in [0.3, 0.4) is 0 Å². The van der Waals surface area contributed by atoms with Gasteiger partial charge in [0.1, 0.15) is 17.4 Å². The van der Waals surface area contributed by atoms with E-state index < -0.39 is 0 Å². The van der Waals surface area contributed by atoms with Crippen LogP contribution in [0.5, 0.6) is 0 Å². The molecule has 9 heteroatoms. The van der Waals surface area contributed by atoms with Gasteiger partial charge in [-0.1, -0.05) is 30.3 Å². The summed E-state index contributed by atoms with van der Waals surface area (Å²) in [7, 11) is 2.01. The van der Waals surface area contributed by atoms with E-state index in [1.165, 1.54) is 5.56 Å². The number of aliphatic hydroxyl groups is 1. The third-order valence-corrected chi connectivity index (χ3v) is 5.72. The van der Waals surface area contributed by atoms with Gasteiger partial charge in [-0.05, 0) is 5.56 Å². The van der Waals surface area contributed by atoms with Crippen LogP contribution in [-0.4, -0.2) is 69.8 Å². The van der Waals surface area contributed by atoms with Crippen molar-refractivity contribution in [2.24, 2.45) is 0 Å². The lowest BCUT2D eigenvalue weighted by molar-refractivity contribution is 0.311. The SMILES string of the molecule is CN(Cc1ccccc1)c1ncnc2c(N3CCSCC3)nc(NCCO)nc12. The first-order valence-electron chi connectivity index (χ1n) is 9.71. The minimum atomic E-state index is 0.0170. The molecule has 0 bridgehead atoms. The molecule has 8 nitrogen and oxygen atoms in total. The van der Waals surface area contributed by atoms with Gasteiger partial charge in [0, 0.05) is 44.7 Å². The smallest absolute Gasteiger partial charge is 0.225 e. The Labute approximate surface area is 174 Å². The molecule has 1 fully saturated rings. The predicted octanol–water partition coefficient (Wildman–Crippen LogP) is 2.01. The number of aromatic nitrogens is 4. The molecule has 29 heavy (non-hydrogen) atoms. The summed E-state index contributed by atoms with van der Waals surface area (Å²) >= 11 is 1.95. The van der Waals surface area contributed by atoms with Gasteiger partial charge in [-0.3, -0.25) is 0 Å². The van der Waals surface area contributed by atoms with E-state index >= 15 is 0 Å². The summed E-state index contributed by atoms with van der Waals surface area (Å²) in [6, 6.07) is 10.3. The first-order valence-corrected chi connectivity index (χ1v) is 10.9. The third-order valence-electron chi connectivity index (χ3n) is 4.77. The molecule has 1 saturated heterocycles. The van der Waals surface area contributed by atoms with E-state index in [-0.39, 0.29) is 6.61 Å². The normalized spacial score (nSPS) is 14.2. The Bertz CT molecular complexity index is 950. The van der Waals surface area contributed by atoms with Crippen LogP contribution >= 0.6 is 11.8 Å². The van der Waals surface area contributed by atoms with Gasteiger partial charge < -0.3 is 20.2 Å². The number of anilines is 3. The van der Waals surface area contributed by atoms with E-state index in [1.807, 2.05) is 37.0 Å². The van der Waals surface area contributed by atoms with Crippen molar-refractivity contribution in [1.29, 1.82) is 0 Å². The Morgan fingerprint density at radius 2 is 1.90 bits per heavy atom. The number of hydrogen-bond donors (Lipinski definition) is 2. The molecule has 0 radical (unpaired) electrons. The molecule has 0 amide bonds. The molecule has 3 heterocycles.